The molecule has 0 bridgehead atoms. The van der Waals surface area contributed by atoms with Crippen LogP contribution in [0.3, 0.4) is 0 Å². The molecule has 1 aliphatic carbocycles. The molecule has 0 atom stereocenters. The largest absolute Gasteiger partial charge is 0.366 e. The van der Waals surface area contributed by atoms with Crippen molar-refractivity contribution in [2.24, 2.45) is 5.73 Å². The van der Waals surface area contributed by atoms with Crippen molar-refractivity contribution in [1.82, 2.24) is 0 Å². The molecule has 0 unspecified atom stereocenters. The van der Waals surface area contributed by atoms with E-state index in [9.17, 15) is 4.79 Å². The summed E-state index contributed by atoms with van der Waals surface area (Å²) in [5, 5.41) is 0. The summed E-state index contributed by atoms with van der Waals surface area (Å²) < 4.78 is 0. The van der Waals surface area contributed by atoms with Gasteiger partial charge in [0.05, 0.1) is 0 Å². The highest BCUT2D eigenvalue weighted by molar-refractivity contribution is 6.18. The number of allylic oxidation sites excluding steroid dienone is 1. The minimum Gasteiger partial charge on any atom is -0.366 e. The Morgan fingerprint density at radius 3 is 2.28 bits per heavy atom. The lowest BCUT2D eigenvalue weighted by molar-refractivity contribution is -0.112. The number of carbonyl (C=O) groups excluding carboxylic acids is 1. The van der Waals surface area contributed by atoms with Crippen molar-refractivity contribution < 1.29 is 4.79 Å². The third-order valence-corrected chi connectivity index (χ3v) is 5.84. The van der Waals surface area contributed by atoms with E-state index >= 15 is 0 Å². The van der Waals surface area contributed by atoms with Crippen LogP contribution >= 0.6 is 0 Å². The van der Waals surface area contributed by atoms with Crippen LogP contribution in [0.1, 0.15) is 96.3 Å². The summed E-state index contributed by atoms with van der Waals surface area (Å²) >= 11 is 0. The van der Waals surface area contributed by atoms with Crippen molar-refractivity contribution in [3.63, 3.8) is 0 Å². The number of benzene rings is 1. The van der Waals surface area contributed by atoms with Gasteiger partial charge in [0.1, 0.15) is 0 Å². The Hall–Kier alpha value is -1.57. The monoisotopic (exact) mass is 341 g/mol. The topological polar surface area (TPSA) is 43.1 Å². The Labute approximate surface area is 153 Å². The van der Waals surface area contributed by atoms with Gasteiger partial charge >= 0.3 is 0 Å². The quantitative estimate of drug-likeness (QED) is 0.489. The molecule has 0 aromatic heterocycles. The summed E-state index contributed by atoms with van der Waals surface area (Å²) in [4.78, 5) is 12.0. The van der Waals surface area contributed by atoms with E-state index in [0.717, 1.165) is 18.4 Å². The van der Waals surface area contributed by atoms with Crippen LogP contribution in [0.4, 0.5) is 0 Å². The number of amides is 1. The predicted octanol–water partition coefficient (Wildman–Crippen LogP) is 5.87. The van der Waals surface area contributed by atoms with Crippen molar-refractivity contribution >= 4 is 11.5 Å². The van der Waals surface area contributed by atoms with E-state index < -0.39 is 0 Å². The van der Waals surface area contributed by atoms with Gasteiger partial charge in [0, 0.05) is 5.57 Å². The van der Waals surface area contributed by atoms with Crippen molar-refractivity contribution in [3.8, 4) is 0 Å². The summed E-state index contributed by atoms with van der Waals surface area (Å²) in [6, 6.07) is 6.53. The minimum absolute atomic E-state index is 0.144. The third kappa shape index (κ3) is 4.54. The lowest BCUT2D eigenvalue weighted by atomic mass is 9.63. The van der Waals surface area contributed by atoms with E-state index in [-0.39, 0.29) is 16.7 Å². The molecule has 1 aromatic rings. The van der Waals surface area contributed by atoms with Crippen molar-refractivity contribution in [1.29, 1.82) is 0 Å². The van der Waals surface area contributed by atoms with Gasteiger partial charge in [0.15, 0.2) is 0 Å². The lowest BCUT2D eigenvalue weighted by Crippen LogP contribution is -2.34. The fourth-order valence-corrected chi connectivity index (χ4v) is 3.93. The number of hydrogen-bond acceptors (Lipinski definition) is 1. The van der Waals surface area contributed by atoms with Gasteiger partial charge in [-0.1, -0.05) is 78.2 Å². The van der Waals surface area contributed by atoms with Gasteiger partial charge in [-0.3, -0.25) is 4.79 Å². The average molecular weight is 342 g/mol. The Balaban J connectivity index is 2.34. The molecule has 1 amide bonds. The van der Waals surface area contributed by atoms with E-state index in [4.69, 9.17) is 5.73 Å². The standard InChI is InChI=1S/C23H35NO/c1-6-7-8-9-10-11-18(21(24)25)17-12-13-19-20(16-17)23(4,5)15-14-22(19,2)3/h11-13,16H,6-10,14-15H2,1-5H3,(H2,24,25). The van der Waals surface area contributed by atoms with E-state index in [2.05, 4.69) is 52.8 Å². The first-order valence-corrected chi connectivity index (χ1v) is 9.84. The molecule has 0 fully saturated rings. The molecule has 1 aromatic carbocycles. The van der Waals surface area contributed by atoms with Crippen LogP contribution in [-0.4, -0.2) is 5.91 Å². The number of unbranched alkanes of at least 4 members (excludes halogenated alkanes) is 4. The van der Waals surface area contributed by atoms with E-state index in [1.54, 1.807) is 0 Å². The van der Waals surface area contributed by atoms with Gasteiger partial charge in [-0.2, -0.15) is 0 Å². The predicted molar refractivity (Wildman–Crippen MR) is 108 cm³/mol. The Kier molecular flexibility index (Phi) is 6.13. The second kappa shape index (κ2) is 7.76. The molecule has 2 heteroatoms. The first-order valence-electron chi connectivity index (χ1n) is 9.84. The van der Waals surface area contributed by atoms with Crippen LogP contribution in [0, 0.1) is 0 Å². The molecule has 0 saturated heterocycles. The van der Waals surface area contributed by atoms with Crippen LogP contribution in [0.2, 0.25) is 0 Å². The van der Waals surface area contributed by atoms with Crippen LogP contribution < -0.4 is 5.73 Å². The Morgan fingerprint density at radius 1 is 1.04 bits per heavy atom. The number of primary amides is 1. The first-order chi connectivity index (χ1) is 11.7. The third-order valence-electron chi connectivity index (χ3n) is 5.84. The highest BCUT2D eigenvalue weighted by Gasteiger charge is 2.37. The van der Waals surface area contributed by atoms with Gasteiger partial charge in [-0.05, 0) is 53.2 Å². The molecule has 1 aliphatic rings. The molecular formula is C23H35NO. The SMILES string of the molecule is CCCCCCC=C(C(N)=O)c1ccc2c(c1)C(C)(C)CCC2(C)C. The summed E-state index contributed by atoms with van der Waals surface area (Å²) in [5.41, 5.74) is 10.5. The van der Waals surface area contributed by atoms with Crippen LogP contribution in [0.15, 0.2) is 24.3 Å². The molecule has 0 saturated carbocycles. The van der Waals surface area contributed by atoms with Gasteiger partial charge in [-0.15, -0.1) is 0 Å². The maximum atomic E-state index is 12.0. The van der Waals surface area contributed by atoms with Crippen molar-refractivity contribution in [2.75, 3.05) is 0 Å². The van der Waals surface area contributed by atoms with Crippen LogP contribution in [0.5, 0.6) is 0 Å². The maximum Gasteiger partial charge on any atom is 0.248 e. The first kappa shape index (κ1) is 19.8. The molecule has 25 heavy (non-hydrogen) atoms. The number of nitrogens with two attached hydrogens (primary N) is 1. The van der Waals surface area contributed by atoms with Crippen LogP contribution in [0.25, 0.3) is 5.57 Å². The van der Waals surface area contributed by atoms with E-state index in [0.29, 0.717) is 5.57 Å². The zero-order valence-electron chi connectivity index (χ0n) is 16.7. The summed E-state index contributed by atoms with van der Waals surface area (Å²) in [7, 11) is 0. The molecule has 0 heterocycles. The van der Waals surface area contributed by atoms with Gasteiger partial charge in [-0.25, -0.2) is 0 Å². The molecule has 2 rings (SSSR count). The second-order valence-corrected chi connectivity index (χ2v) is 8.86. The maximum absolute atomic E-state index is 12.0. The number of hydrogen-bond donors (Lipinski definition) is 1. The smallest absolute Gasteiger partial charge is 0.248 e. The highest BCUT2D eigenvalue weighted by atomic mass is 16.1. The molecule has 0 aliphatic heterocycles. The van der Waals surface area contributed by atoms with E-state index in [1.807, 2.05) is 6.08 Å². The molecule has 2 nitrogen and oxygen atoms in total. The van der Waals surface area contributed by atoms with Crippen molar-refractivity contribution in [2.45, 2.75) is 90.4 Å². The fourth-order valence-electron chi connectivity index (χ4n) is 3.93. The number of carbonyl (C=O) groups is 1. The fraction of sp³-hybridized carbons (Fsp3) is 0.609. The molecule has 0 radical (unpaired) electrons. The van der Waals surface area contributed by atoms with Crippen LogP contribution in [-0.2, 0) is 15.6 Å². The number of fused-ring (bicyclic) bond motifs is 1. The van der Waals surface area contributed by atoms with Gasteiger partial charge in [0.2, 0.25) is 5.91 Å². The summed E-state index contributed by atoms with van der Waals surface area (Å²) in [6.07, 6.45) is 10.1. The normalized spacial score (nSPS) is 18.7. The Morgan fingerprint density at radius 2 is 1.68 bits per heavy atom. The van der Waals surface area contributed by atoms with Gasteiger partial charge in [0.25, 0.3) is 0 Å². The average Bonchev–Trinajstić information content (AvgIpc) is 2.55. The second-order valence-electron chi connectivity index (χ2n) is 8.86. The molecule has 0 spiro atoms. The summed E-state index contributed by atoms with van der Waals surface area (Å²) in [6.45, 7) is 11.5. The molecule has 2 N–H and O–H groups in total. The molecular weight excluding hydrogens is 306 g/mol. The molecule has 138 valence electrons. The van der Waals surface area contributed by atoms with Crippen molar-refractivity contribution in [3.05, 3.63) is 41.0 Å². The summed E-state index contributed by atoms with van der Waals surface area (Å²) in [5.74, 6) is -0.316. The van der Waals surface area contributed by atoms with Gasteiger partial charge < -0.3 is 5.73 Å². The van der Waals surface area contributed by atoms with E-state index in [1.165, 1.54) is 43.2 Å². The zero-order valence-corrected chi connectivity index (χ0v) is 16.7. The lowest BCUT2D eigenvalue weighted by Gasteiger charge is -2.42. The highest BCUT2D eigenvalue weighted by Crippen LogP contribution is 2.46. The minimum atomic E-state index is -0.316. The number of rotatable bonds is 7. The Bertz CT molecular complexity index is 652. The zero-order chi connectivity index (χ0) is 18.7.